The molecule has 2 aromatic carbocycles. The number of likely N-dealkylation sites (tertiary alicyclic amines) is 1. The van der Waals surface area contributed by atoms with Crippen LogP contribution in [0.5, 0.6) is 11.5 Å². The number of benzene rings is 2. The fraction of sp³-hybridized carbons (Fsp3) is 0.375. The van der Waals surface area contributed by atoms with Crippen LogP contribution in [0.15, 0.2) is 42.5 Å². The Kier molecular flexibility index (Phi) is 6.43. The number of hydrogen-bond acceptors (Lipinski definition) is 8. The molecule has 7 nitrogen and oxygen atoms in total. The van der Waals surface area contributed by atoms with Gasteiger partial charge < -0.3 is 14.8 Å². The van der Waals surface area contributed by atoms with Gasteiger partial charge in [-0.15, -0.1) is 5.10 Å². The quantitative estimate of drug-likeness (QED) is 0.389. The molecular formula is C24H26N4O3S2. The number of hydrogen-bond donors (Lipinski definition) is 1. The average Bonchev–Trinajstić information content (AvgIpc) is 3.18. The van der Waals surface area contributed by atoms with Crippen molar-refractivity contribution in [3.8, 4) is 11.5 Å². The first-order chi connectivity index (χ1) is 16.0. The normalized spacial score (nSPS) is 16.5. The molecule has 1 aromatic heterocycles. The summed E-state index contributed by atoms with van der Waals surface area (Å²) in [7, 11) is 0. The second-order valence-corrected chi connectivity index (χ2v) is 10.0. The minimum Gasteiger partial charge on any atom is -0.486 e. The van der Waals surface area contributed by atoms with Crippen molar-refractivity contribution in [3.05, 3.63) is 57.5 Å². The van der Waals surface area contributed by atoms with Gasteiger partial charge in [-0.25, -0.2) is 4.68 Å². The van der Waals surface area contributed by atoms with Gasteiger partial charge in [-0.1, -0.05) is 29.0 Å². The van der Waals surface area contributed by atoms with Crippen LogP contribution >= 0.6 is 23.6 Å². The maximum absolute atomic E-state index is 13.0. The number of nitrogens with one attached hydrogen (secondary N) is 1. The molecule has 5 rings (SSSR count). The highest BCUT2D eigenvalue weighted by Crippen LogP contribution is 2.32. The van der Waals surface area contributed by atoms with Crippen molar-refractivity contribution in [2.45, 2.75) is 26.4 Å². The Morgan fingerprint density at radius 1 is 1.12 bits per heavy atom. The summed E-state index contributed by atoms with van der Waals surface area (Å²) in [5.41, 5.74) is 2.91. The highest BCUT2D eigenvalue weighted by Gasteiger charge is 2.27. The zero-order valence-electron chi connectivity index (χ0n) is 18.5. The standard InChI is InChI=1S/C24H26N4O3S2/c1-16-2-5-19(6-3-16)25-23-26-28(24(32)33-23)15-27-10-8-17(9-11-27)22(29)18-4-7-20-21(14-18)31-13-12-30-20/h2-7,14,17H,8-13,15H2,1H3,(H,25,26). The van der Waals surface area contributed by atoms with Crippen LogP contribution in [0.3, 0.4) is 0 Å². The van der Waals surface area contributed by atoms with Crippen molar-refractivity contribution < 1.29 is 14.3 Å². The fourth-order valence-electron chi connectivity index (χ4n) is 4.16. The predicted octanol–water partition coefficient (Wildman–Crippen LogP) is 5.05. The number of fused-ring (bicyclic) bond motifs is 1. The molecule has 0 amide bonds. The number of ether oxygens (including phenoxy) is 2. The molecule has 2 aliphatic rings. The van der Waals surface area contributed by atoms with E-state index in [-0.39, 0.29) is 11.7 Å². The van der Waals surface area contributed by atoms with Crippen LogP contribution in [-0.4, -0.2) is 46.8 Å². The van der Waals surface area contributed by atoms with Crippen LogP contribution in [0.2, 0.25) is 0 Å². The Hall–Kier alpha value is -2.75. The highest BCUT2D eigenvalue weighted by atomic mass is 32.1. The molecule has 1 N–H and O–H groups in total. The SMILES string of the molecule is Cc1ccc(Nc2nn(CN3CCC(C(=O)c4ccc5c(c4)OCCO5)CC3)c(=S)s2)cc1. The summed E-state index contributed by atoms with van der Waals surface area (Å²) in [4.78, 5) is 15.4. The van der Waals surface area contributed by atoms with Crippen LogP contribution in [0.4, 0.5) is 10.8 Å². The summed E-state index contributed by atoms with van der Waals surface area (Å²) in [5, 5.41) is 8.76. The highest BCUT2D eigenvalue weighted by molar-refractivity contribution is 7.73. The number of Topliss-reactive ketones (excluding diaryl/α,β-unsaturated/α-hetero) is 1. The molecule has 2 aliphatic heterocycles. The molecule has 0 bridgehead atoms. The van der Waals surface area contributed by atoms with E-state index in [1.54, 1.807) is 0 Å². The van der Waals surface area contributed by atoms with Crippen molar-refractivity contribution in [1.82, 2.24) is 14.7 Å². The third-order valence-electron chi connectivity index (χ3n) is 6.03. The van der Waals surface area contributed by atoms with Gasteiger partial charge in [0.15, 0.2) is 21.2 Å². The van der Waals surface area contributed by atoms with Crippen LogP contribution < -0.4 is 14.8 Å². The zero-order chi connectivity index (χ0) is 22.8. The smallest absolute Gasteiger partial charge is 0.209 e. The molecule has 0 aliphatic carbocycles. The Morgan fingerprint density at radius 2 is 1.85 bits per heavy atom. The molecule has 3 heterocycles. The lowest BCUT2D eigenvalue weighted by molar-refractivity contribution is 0.0803. The number of nitrogens with zero attached hydrogens (tertiary/aromatic N) is 3. The van der Waals surface area contributed by atoms with E-state index in [9.17, 15) is 4.79 Å². The van der Waals surface area contributed by atoms with Gasteiger partial charge in [0.2, 0.25) is 5.13 Å². The predicted molar refractivity (Wildman–Crippen MR) is 131 cm³/mol. The summed E-state index contributed by atoms with van der Waals surface area (Å²) in [6.07, 6.45) is 1.64. The second-order valence-electron chi connectivity index (χ2n) is 8.42. The molecular weight excluding hydrogens is 456 g/mol. The minimum absolute atomic E-state index is 0.0194. The molecule has 0 unspecified atom stereocenters. The molecule has 172 valence electrons. The maximum atomic E-state index is 13.0. The van der Waals surface area contributed by atoms with Crippen LogP contribution in [0.25, 0.3) is 0 Å². The third-order valence-corrected chi connectivity index (χ3v) is 7.25. The van der Waals surface area contributed by atoms with Gasteiger partial charge in [0.05, 0.1) is 6.67 Å². The van der Waals surface area contributed by atoms with E-state index in [1.807, 2.05) is 35.0 Å². The number of anilines is 2. The summed E-state index contributed by atoms with van der Waals surface area (Å²) in [6.45, 7) is 5.43. The first-order valence-electron chi connectivity index (χ1n) is 11.1. The van der Waals surface area contributed by atoms with Crippen molar-refractivity contribution in [2.24, 2.45) is 5.92 Å². The topological polar surface area (TPSA) is 68.6 Å². The molecule has 1 saturated heterocycles. The summed E-state index contributed by atoms with van der Waals surface area (Å²) in [6, 6.07) is 13.7. The molecule has 9 heteroatoms. The lowest BCUT2D eigenvalue weighted by Gasteiger charge is -2.31. The third kappa shape index (κ3) is 5.10. The van der Waals surface area contributed by atoms with Crippen LogP contribution in [0, 0.1) is 16.8 Å². The second kappa shape index (κ2) is 9.62. The Morgan fingerprint density at radius 3 is 2.61 bits per heavy atom. The number of carbonyl (C=O) groups is 1. The van der Waals surface area contributed by atoms with E-state index < -0.39 is 0 Å². The lowest BCUT2D eigenvalue weighted by Crippen LogP contribution is -2.37. The van der Waals surface area contributed by atoms with E-state index in [2.05, 4.69) is 34.4 Å². The number of rotatable bonds is 6. The van der Waals surface area contributed by atoms with Crippen LogP contribution in [-0.2, 0) is 6.67 Å². The Labute approximate surface area is 201 Å². The van der Waals surface area contributed by atoms with Gasteiger partial charge in [-0.2, -0.15) is 0 Å². The summed E-state index contributed by atoms with van der Waals surface area (Å²) >= 11 is 7.00. The first kappa shape index (κ1) is 22.1. The zero-order valence-corrected chi connectivity index (χ0v) is 20.1. The molecule has 0 saturated carbocycles. The van der Waals surface area contributed by atoms with E-state index in [1.165, 1.54) is 16.9 Å². The minimum atomic E-state index is 0.0194. The molecule has 33 heavy (non-hydrogen) atoms. The first-order valence-corrected chi connectivity index (χ1v) is 12.4. The molecule has 1 fully saturated rings. The monoisotopic (exact) mass is 482 g/mol. The molecule has 0 radical (unpaired) electrons. The van der Waals surface area contributed by atoms with Gasteiger partial charge in [-0.3, -0.25) is 9.69 Å². The van der Waals surface area contributed by atoms with Gasteiger partial charge in [0.1, 0.15) is 13.2 Å². The summed E-state index contributed by atoms with van der Waals surface area (Å²) < 4.78 is 13.8. The molecule has 0 atom stereocenters. The van der Waals surface area contributed by atoms with Gasteiger partial charge >= 0.3 is 0 Å². The molecule has 3 aromatic rings. The summed E-state index contributed by atoms with van der Waals surface area (Å²) in [5.74, 6) is 1.58. The number of piperidine rings is 1. The van der Waals surface area contributed by atoms with Crippen molar-refractivity contribution in [1.29, 1.82) is 0 Å². The number of aryl methyl sites for hydroxylation is 1. The average molecular weight is 483 g/mol. The Balaban J connectivity index is 1.17. The van der Waals surface area contributed by atoms with Crippen molar-refractivity contribution in [2.75, 3.05) is 31.6 Å². The largest absolute Gasteiger partial charge is 0.486 e. The molecule has 0 spiro atoms. The van der Waals surface area contributed by atoms with E-state index in [0.717, 1.165) is 40.7 Å². The fourth-order valence-corrected chi connectivity index (χ4v) is 5.18. The lowest BCUT2D eigenvalue weighted by atomic mass is 9.89. The van der Waals surface area contributed by atoms with Crippen molar-refractivity contribution in [3.63, 3.8) is 0 Å². The van der Waals surface area contributed by atoms with E-state index in [4.69, 9.17) is 21.7 Å². The maximum Gasteiger partial charge on any atom is 0.209 e. The van der Waals surface area contributed by atoms with Gasteiger partial charge in [0, 0.05) is 30.3 Å². The van der Waals surface area contributed by atoms with Crippen molar-refractivity contribution >= 4 is 40.2 Å². The number of ketones is 1. The van der Waals surface area contributed by atoms with Gasteiger partial charge in [-0.05, 0) is 62.3 Å². The van der Waals surface area contributed by atoms with E-state index >= 15 is 0 Å². The number of carbonyl (C=O) groups excluding carboxylic acids is 1. The van der Waals surface area contributed by atoms with Gasteiger partial charge in [0.25, 0.3) is 0 Å². The number of aromatic nitrogens is 2. The van der Waals surface area contributed by atoms with E-state index in [0.29, 0.717) is 36.9 Å². The Bertz CT molecular complexity index is 1200. The van der Waals surface area contributed by atoms with Crippen LogP contribution in [0.1, 0.15) is 28.8 Å².